The maximum Gasteiger partial charge on any atom is 0.306 e. The van der Waals surface area contributed by atoms with Gasteiger partial charge in [0.05, 0.1) is 13.0 Å². The maximum absolute atomic E-state index is 11.0. The predicted molar refractivity (Wildman–Crippen MR) is 79.6 cm³/mol. The van der Waals surface area contributed by atoms with E-state index in [-0.39, 0.29) is 11.8 Å². The molecule has 1 aromatic rings. The molecule has 1 N–H and O–H groups in total. The molecule has 0 heterocycles. The van der Waals surface area contributed by atoms with Crippen LogP contribution in [0.25, 0.3) is 0 Å². The van der Waals surface area contributed by atoms with Gasteiger partial charge in [-0.05, 0) is 61.3 Å². The smallest absolute Gasteiger partial charge is 0.306 e. The van der Waals surface area contributed by atoms with Gasteiger partial charge in [-0.2, -0.15) is 0 Å². The monoisotopic (exact) mass is 296 g/mol. The molecule has 1 aliphatic carbocycles. The number of hydrogen-bond donors (Lipinski definition) is 1. The zero-order valence-corrected chi connectivity index (χ0v) is 13.1. The standard InChI is InChI=1S/C16H21ClO3/c1-8(11-7-13(11)16(18)19)5-12-10(3)14(17)6-9(2)15(12)20-4/h6,8,11,13H,5,7H2,1-4H3,(H,18,19). The minimum atomic E-state index is -0.673. The van der Waals surface area contributed by atoms with Gasteiger partial charge in [0.25, 0.3) is 0 Å². The molecule has 3 atom stereocenters. The van der Waals surface area contributed by atoms with E-state index in [4.69, 9.17) is 21.4 Å². The molecule has 1 saturated carbocycles. The van der Waals surface area contributed by atoms with Crippen LogP contribution in [0.3, 0.4) is 0 Å². The van der Waals surface area contributed by atoms with Gasteiger partial charge in [-0.1, -0.05) is 18.5 Å². The molecule has 110 valence electrons. The van der Waals surface area contributed by atoms with E-state index in [0.29, 0.717) is 5.92 Å². The van der Waals surface area contributed by atoms with Crippen molar-refractivity contribution in [1.82, 2.24) is 0 Å². The molecular weight excluding hydrogens is 276 g/mol. The van der Waals surface area contributed by atoms with Gasteiger partial charge in [-0.3, -0.25) is 4.79 Å². The van der Waals surface area contributed by atoms with Gasteiger partial charge in [-0.15, -0.1) is 0 Å². The SMILES string of the molecule is COc1c(C)cc(Cl)c(C)c1CC(C)C1CC1C(=O)O. The van der Waals surface area contributed by atoms with Crippen molar-refractivity contribution >= 4 is 17.6 Å². The lowest BCUT2D eigenvalue weighted by molar-refractivity contribution is -0.139. The second-order valence-corrected chi connectivity index (χ2v) is 6.24. The molecule has 3 unspecified atom stereocenters. The highest BCUT2D eigenvalue weighted by atomic mass is 35.5. The van der Waals surface area contributed by atoms with Crippen molar-refractivity contribution in [2.45, 2.75) is 33.6 Å². The lowest BCUT2D eigenvalue weighted by Crippen LogP contribution is -2.10. The number of hydrogen-bond acceptors (Lipinski definition) is 2. The Labute approximate surface area is 124 Å². The minimum absolute atomic E-state index is 0.170. The van der Waals surface area contributed by atoms with Gasteiger partial charge < -0.3 is 9.84 Å². The topological polar surface area (TPSA) is 46.5 Å². The van der Waals surface area contributed by atoms with Crippen LogP contribution >= 0.6 is 11.6 Å². The predicted octanol–water partition coefficient (Wildman–Crippen LogP) is 3.86. The summed E-state index contributed by atoms with van der Waals surface area (Å²) in [6.45, 7) is 6.09. The molecular formula is C16H21ClO3. The minimum Gasteiger partial charge on any atom is -0.496 e. The van der Waals surface area contributed by atoms with Crippen molar-refractivity contribution in [1.29, 1.82) is 0 Å². The van der Waals surface area contributed by atoms with E-state index in [1.165, 1.54) is 0 Å². The Balaban J connectivity index is 2.23. The largest absolute Gasteiger partial charge is 0.496 e. The van der Waals surface area contributed by atoms with Crippen LogP contribution in [0.5, 0.6) is 5.75 Å². The summed E-state index contributed by atoms with van der Waals surface area (Å²) in [5, 5.41) is 9.78. The van der Waals surface area contributed by atoms with E-state index in [0.717, 1.165) is 40.3 Å². The number of halogens is 1. The Morgan fingerprint density at radius 2 is 2.20 bits per heavy atom. The summed E-state index contributed by atoms with van der Waals surface area (Å²) in [6.07, 6.45) is 1.60. The van der Waals surface area contributed by atoms with Gasteiger partial charge >= 0.3 is 5.97 Å². The van der Waals surface area contributed by atoms with Crippen molar-refractivity contribution in [2.75, 3.05) is 7.11 Å². The average molecular weight is 297 g/mol. The zero-order valence-electron chi connectivity index (χ0n) is 12.4. The lowest BCUT2D eigenvalue weighted by atomic mass is 9.91. The first-order valence-electron chi connectivity index (χ1n) is 6.92. The average Bonchev–Trinajstić information content (AvgIpc) is 3.16. The van der Waals surface area contributed by atoms with Gasteiger partial charge in [0.15, 0.2) is 0 Å². The maximum atomic E-state index is 11.0. The fraction of sp³-hybridized carbons (Fsp3) is 0.562. The molecule has 1 fully saturated rings. The fourth-order valence-electron chi connectivity index (χ4n) is 3.05. The van der Waals surface area contributed by atoms with Gasteiger partial charge in [-0.25, -0.2) is 0 Å². The summed E-state index contributed by atoms with van der Waals surface area (Å²) in [5.41, 5.74) is 3.17. The molecule has 1 aromatic carbocycles. The molecule has 0 aromatic heterocycles. The number of aryl methyl sites for hydroxylation is 1. The van der Waals surface area contributed by atoms with Crippen LogP contribution < -0.4 is 4.74 Å². The molecule has 0 aliphatic heterocycles. The van der Waals surface area contributed by atoms with Crippen LogP contribution in [-0.2, 0) is 11.2 Å². The van der Waals surface area contributed by atoms with Crippen LogP contribution in [0.15, 0.2) is 6.07 Å². The summed E-state index contributed by atoms with van der Waals surface area (Å²) in [5.74, 6) is 0.633. The molecule has 0 bridgehead atoms. The Morgan fingerprint density at radius 3 is 2.70 bits per heavy atom. The molecule has 3 nitrogen and oxygen atoms in total. The molecule has 0 saturated heterocycles. The fourth-order valence-corrected chi connectivity index (χ4v) is 3.32. The number of ether oxygens (including phenoxy) is 1. The number of rotatable bonds is 5. The highest BCUT2D eigenvalue weighted by Crippen LogP contribution is 2.46. The van der Waals surface area contributed by atoms with E-state index in [9.17, 15) is 4.79 Å². The van der Waals surface area contributed by atoms with Crippen molar-refractivity contribution in [3.63, 3.8) is 0 Å². The highest BCUT2D eigenvalue weighted by Gasteiger charge is 2.46. The zero-order chi connectivity index (χ0) is 15.0. The molecule has 0 radical (unpaired) electrons. The number of aliphatic carboxylic acids is 1. The third-order valence-corrected chi connectivity index (χ3v) is 4.80. The van der Waals surface area contributed by atoms with Gasteiger partial charge in [0.1, 0.15) is 5.75 Å². The van der Waals surface area contributed by atoms with Gasteiger partial charge in [0, 0.05) is 5.02 Å². The van der Waals surface area contributed by atoms with Crippen molar-refractivity contribution in [2.24, 2.45) is 17.8 Å². The number of carboxylic acid groups (broad SMARTS) is 1. The number of benzene rings is 1. The van der Waals surface area contributed by atoms with E-state index in [1.807, 2.05) is 19.9 Å². The lowest BCUT2D eigenvalue weighted by Gasteiger charge is -2.19. The van der Waals surface area contributed by atoms with Crippen molar-refractivity contribution in [3.05, 3.63) is 27.8 Å². The first-order valence-corrected chi connectivity index (χ1v) is 7.30. The Morgan fingerprint density at radius 1 is 1.55 bits per heavy atom. The summed E-state index contributed by atoms with van der Waals surface area (Å²) in [6, 6.07) is 1.92. The van der Waals surface area contributed by atoms with Crippen LogP contribution in [0.4, 0.5) is 0 Å². The first kappa shape index (κ1) is 15.2. The molecule has 0 amide bonds. The van der Waals surface area contributed by atoms with E-state index < -0.39 is 5.97 Å². The first-order chi connectivity index (χ1) is 9.36. The Kier molecular flexibility index (Phi) is 4.28. The van der Waals surface area contributed by atoms with Crippen LogP contribution in [0.2, 0.25) is 5.02 Å². The highest BCUT2D eigenvalue weighted by molar-refractivity contribution is 6.31. The third-order valence-electron chi connectivity index (χ3n) is 4.40. The number of carboxylic acids is 1. The van der Waals surface area contributed by atoms with E-state index in [2.05, 4.69) is 6.92 Å². The second kappa shape index (κ2) is 5.65. The Hall–Kier alpha value is -1.22. The summed E-state index contributed by atoms with van der Waals surface area (Å²) in [4.78, 5) is 11.0. The molecule has 1 aliphatic rings. The molecule has 0 spiro atoms. The Bertz CT molecular complexity index is 539. The van der Waals surface area contributed by atoms with Gasteiger partial charge in [0.2, 0.25) is 0 Å². The molecule has 4 heteroatoms. The van der Waals surface area contributed by atoms with E-state index in [1.54, 1.807) is 7.11 Å². The van der Waals surface area contributed by atoms with E-state index >= 15 is 0 Å². The van der Waals surface area contributed by atoms with Crippen LogP contribution in [-0.4, -0.2) is 18.2 Å². The normalized spacial score (nSPS) is 22.4. The quantitative estimate of drug-likeness (QED) is 0.897. The van der Waals surface area contributed by atoms with Crippen molar-refractivity contribution < 1.29 is 14.6 Å². The third kappa shape index (κ3) is 2.78. The van der Waals surface area contributed by atoms with Crippen molar-refractivity contribution in [3.8, 4) is 5.75 Å². The summed E-state index contributed by atoms with van der Waals surface area (Å²) >= 11 is 6.26. The molecule has 20 heavy (non-hydrogen) atoms. The number of carbonyl (C=O) groups is 1. The number of methoxy groups -OCH3 is 1. The van der Waals surface area contributed by atoms with Crippen LogP contribution in [0.1, 0.15) is 30.0 Å². The molecule has 2 rings (SSSR count). The van der Waals surface area contributed by atoms with Crippen LogP contribution in [0, 0.1) is 31.6 Å². The second-order valence-electron chi connectivity index (χ2n) is 5.84. The summed E-state index contributed by atoms with van der Waals surface area (Å²) in [7, 11) is 1.67. The summed E-state index contributed by atoms with van der Waals surface area (Å²) < 4.78 is 5.51.